The van der Waals surface area contributed by atoms with Crippen LogP contribution in [0, 0.1) is 11.3 Å². The summed E-state index contributed by atoms with van der Waals surface area (Å²) < 4.78 is 4.80. The number of halogens is 1. The lowest BCUT2D eigenvalue weighted by atomic mass is 10.3. The first kappa shape index (κ1) is 15.9. The maximum absolute atomic E-state index is 11.6. The molecule has 0 fully saturated rings. The third kappa shape index (κ3) is 3.77. The van der Waals surface area contributed by atoms with E-state index in [4.69, 9.17) is 21.6 Å². The molecule has 0 unspecified atom stereocenters. The van der Waals surface area contributed by atoms with Gasteiger partial charge in [0.1, 0.15) is 6.07 Å². The van der Waals surface area contributed by atoms with Crippen LogP contribution in [0.5, 0.6) is 0 Å². The Morgan fingerprint density at radius 3 is 3.14 bits per heavy atom. The molecule has 6 nitrogen and oxygen atoms in total. The highest BCUT2D eigenvalue weighted by Gasteiger charge is 2.19. The number of hydrogen-bond donors (Lipinski definition) is 1. The fourth-order valence-corrected chi connectivity index (χ4v) is 2.13. The SMILES string of the molecule is CCOC(=O)C(C#N)=CNC1=NCCN1c1cccc(Cl)c1. The number of carbonyl (C=O) groups is 1. The molecule has 1 aromatic carbocycles. The molecule has 1 aliphatic heterocycles. The standard InChI is InChI=1S/C15H15ClN4O2/c1-2-22-14(21)11(9-17)10-19-15-18-6-7-20(15)13-5-3-4-12(16)8-13/h3-5,8,10H,2,6-7H2,1H3,(H,18,19). The lowest BCUT2D eigenvalue weighted by Crippen LogP contribution is -2.36. The molecule has 0 aliphatic carbocycles. The first-order chi connectivity index (χ1) is 10.7. The number of nitrogens with one attached hydrogen (secondary N) is 1. The molecule has 22 heavy (non-hydrogen) atoms. The molecule has 0 aromatic heterocycles. The van der Waals surface area contributed by atoms with Crippen molar-refractivity contribution in [1.29, 1.82) is 5.26 Å². The second kappa shape index (κ2) is 7.48. The van der Waals surface area contributed by atoms with Gasteiger partial charge in [0.25, 0.3) is 0 Å². The summed E-state index contributed by atoms with van der Waals surface area (Å²) in [6, 6.07) is 9.18. The van der Waals surface area contributed by atoms with E-state index in [1.807, 2.05) is 23.1 Å². The van der Waals surface area contributed by atoms with Crippen LogP contribution in [0.4, 0.5) is 5.69 Å². The normalized spacial score (nSPS) is 14.3. The Labute approximate surface area is 133 Å². The van der Waals surface area contributed by atoms with Crippen molar-refractivity contribution in [1.82, 2.24) is 5.32 Å². The minimum Gasteiger partial charge on any atom is -0.462 e. The molecule has 0 saturated carbocycles. The summed E-state index contributed by atoms with van der Waals surface area (Å²) in [5.41, 5.74) is 0.779. The molecule has 0 atom stereocenters. The van der Waals surface area contributed by atoms with Gasteiger partial charge in [-0.3, -0.25) is 4.99 Å². The van der Waals surface area contributed by atoms with Crippen LogP contribution in [-0.2, 0) is 9.53 Å². The van der Waals surface area contributed by atoms with Crippen molar-refractivity contribution in [2.24, 2.45) is 4.99 Å². The largest absolute Gasteiger partial charge is 0.462 e. The van der Waals surface area contributed by atoms with Crippen molar-refractivity contribution in [2.75, 3.05) is 24.6 Å². The molecule has 7 heteroatoms. The highest BCUT2D eigenvalue weighted by molar-refractivity contribution is 6.30. The summed E-state index contributed by atoms with van der Waals surface area (Å²) in [6.45, 7) is 3.21. The second-order valence-corrected chi connectivity index (χ2v) is 4.81. The molecule has 0 radical (unpaired) electrons. The summed E-state index contributed by atoms with van der Waals surface area (Å²) in [5.74, 6) is -0.107. The molecule has 0 saturated heterocycles. The molecule has 1 aliphatic rings. The van der Waals surface area contributed by atoms with Crippen LogP contribution in [0.2, 0.25) is 5.02 Å². The van der Waals surface area contributed by atoms with E-state index in [-0.39, 0.29) is 12.2 Å². The first-order valence-electron chi connectivity index (χ1n) is 6.77. The number of guanidine groups is 1. The van der Waals surface area contributed by atoms with Crippen LogP contribution in [0.25, 0.3) is 0 Å². The molecule has 0 bridgehead atoms. The molecular weight excluding hydrogens is 304 g/mol. The Bertz CT molecular complexity index is 664. The van der Waals surface area contributed by atoms with Crippen LogP contribution in [-0.4, -0.2) is 31.6 Å². The van der Waals surface area contributed by atoms with Crippen molar-refractivity contribution in [2.45, 2.75) is 6.92 Å². The van der Waals surface area contributed by atoms with Crippen molar-refractivity contribution in [3.05, 3.63) is 41.1 Å². The van der Waals surface area contributed by atoms with Crippen molar-refractivity contribution in [3.63, 3.8) is 0 Å². The maximum Gasteiger partial charge on any atom is 0.350 e. The maximum atomic E-state index is 11.6. The minimum atomic E-state index is -0.662. The minimum absolute atomic E-state index is 0.109. The Morgan fingerprint density at radius 2 is 2.45 bits per heavy atom. The average molecular weight is 319 g/mol. The third-order valence-corrected chi connectivity index (χ3v) is 3.16. The Hall–Kier alpha value is -2.52. The molecule has 0 amide bonds. The predicted molar refractivity (Wildman–Crippen MR) is 84.6 cm³/mol. The van der Waals surface area contributed by atoms with Gasteiger partial charge in [0.05, 0.1) is 13.2 Å². The van der Waals surface area contributed by atoms with E-state index in [1.54, 1.807) is 19.1 Å². The van der Waals surface area contributed by atoms with E-state index >= 15 is 0 Å². The van der Waals surface area contributed by atoms with Gasteiger partial charge in [-0.15, -0.1) is 0 Å². The van der Waals surface area contributed by atoms with Gasteiger partial charge >= 0.3 is 5.97 Å². The van der Waals surface area contributed by atoms with Crippen molar-refractivity contribution in [3.8, 4) is 6.07 Å². The number of esters is 1. The lowest BCUT2D eigenvalue weighted by molar-refractivity contribution is -0.138. The number of ether oxygens (including phenoxy) is 1. The molecule has 1 heterocycles. The zero-order valence-corrected chi connectivity index (χ0v) is 12.8. The van der Waals surface area contributed by atoms with E-state index in [0.717, 1.165) is 5.69 Å². The van der Waals surface area contributed by atoms with E-state index in [0.29, 0.717) is 24.1 Å². The Balaban J connectivity index is 2.12. The number of nitrogens with zero attached hydrogens (tertiary/aromatic N) is 3. The summed E-state index contributed by atoms with van der Waals surface area (Å²) in [4.78, 5) is 17.8. The van der Waals surface area contributed by atoms with E-state index in [1.165, 1.54) is 6.20 Å². The summed E-state index contributed by atoms with van der Waals surface area (Å²) in [5, 5.41) is 12.5. The summed E-state index contributed by atoms with van der Waals surface area (Å²) in [7, 11) is 0. The number of hydrogen-bond acceptors (Lipinski definition) is 6. The number of benzene rings is 1. The van der Waals surface area contributed by atoms with Gasteiger partial charge in [0.15, 0.2) is 5.57 Å². The molecule has 2 rings (SSSR count). The van der Waals surface area contributed by atoms with Gasteiger partial charge in [-0.2, -0.15) is 5.26 Å². The van der Waals surface area contributed by atoms with Gasteiger partial charge in [0.2, 0.25) is 5.96 Å². The van der Waals surface area contributed by atoms with Gasteiger partial charge in [-0.05, 0) is 25.1 Å². The monoisotopic (exact) mass is 318 g/mol. The van der Waals surface area contributed by atoms with Crippen LogP contribution in [0.1, 0.15) is 6.92 Å². The summed E-state index contributed by atoms with van der Waals surface area (Å²) >= 11 is 5.99. The van der Waals surface area contributed by atoms with Gasteiger partial charge in [0, 0.05) is 23.5 Å². The van der Waals surface area contributed by atoms with Crippen molar-refractivity contribution < 1.29 is 9.53 Å². The summed E-state index contributed by atoms with van der Waals surface area (Å²) in [6.07, 6.45) is 1.31. The highest BCUT2D eigenvalue weighted by atomic mass is 35.5. The van der Waals surface area contributed by atoms with E-state index in [2.05, 4.69) is 10.3 Å². The van der Waals surface area contributed by atoms with E-state index in [9.17, 15) is 4.79 Å². The van der Waals surface area contributed by atoms with E-state index < -0.39 is 5.97 Å². The fraction of sp³-hybridized carbons (Fsp3) is 0.267. The molecule has 114 valence electrons. The zero-order chi connectivity index (χ0) is 15.9. The zero-order valence-electron chi connectivity index (χ0n) is 12.0. The number of nitriles is 1. The fourth-order valence-electron chi connectivity index (χ4n) is 1.95. The lowest BCUT2D eigenvalue weighted by Gasteiger charge is -2.20. The molecule has 1 N–H and O–H groups in total. The topological polar surface area (TPSA) is 77.7 Å². The molecular formula is C15H15ClN4O2. The predicted octanol–water partition coefficient (Wildman–Crippen LogP) is 2.08. The van der Waals surface area contributed by atoms with Gasteiger partial charge in [-0.1, -0.05) is 17.7 Å². The molecule has 1 aromatic rings. The third-order valence-electron chi connectivity index (χ3n) is 2.92. The number of aliphatic imine (C=N–C) groups is 1. The highest BCUT2D eigenvalue weighted by Crippen LogP contribution is 2.21. The average Bonchev–Trinajstić information content (AvgIpc) is 2.96. The Morgan fingerprint density at radius 1 is 1.64 bits per heavy atom. The van der Waals surface area contributed by atoms with Crippen LogP contribution in [0.3, 0.4) is 0 Å². The second-order valence-electron chi connectivity index (χ2n) is 4.37. The molecule has 0 spiro atoms. The Kier molecular flexibility index (Phi) is 5.39. The number of carbonyl (C=O) groups excluding carboxylic acids is 1. The van der Waals surface area contributed by atoms with Crippen LogP contribution in [0.15, 0.2) is 41.0 Å². The quantitative estimate of drug-likeness (QED) is 0.522. The van der Waals surface area contributed by atoms with Gasteiger partial charge < -0.3 is 15.0 Å². The van der Waals surface area contributed by atoms with Gasteiger partial charge in [-0.25, -0.2) is 4.79 Å². The number of rotatable bonds is 4. The first-order valence-corrected chi connectivity index (χ1v) is 7.15. The van der Waals surface area contributed by atoms with Crippen LogP contribution < -0.4 is 10.2 Å². The van der Waals surface area contributed by atoms with Crippen molar-refractivity contribution >= 4 is 29.2 Å². The van der Waals surface area contributed by atoms with Crippen LogP contribution >= 0.6 is 11.6 Å². The number of anilines is 1. The smallest absolute Gasteiger partial charge is 0.350 e.